The van der Waals surface area contributed by atoms with E-state index >= 15 is 0 Å². The molecule has 2 rings (SSSR count). The molecule has 6 heteroatoms. The number of likely N-dealkylation sites (N-methyl/N-ethyl adjacent to an activating group) is 1. The first-order valence-corrected chi connectivity index (χ1v) is 8.51. The van der Waals surface area contributed by atoms with Gasteiger partial charge in [0.25, 0.3) is 0 Å². The summed E-state index contributed by atoms with van der Waals surface area (Å²) in [5.41, 5.74) is 1.60. The summed E-state index contributed by atoms with van der Waals surface area (Å²) >= 11 is 0. The van der Waals surface area contributed by atoms with Crippen molar-refractivity contribution in [2.75, 3.05) is 20.7 Å². The van der Waals surface area contributed by atoms with Crippen molar-refractivity contribution in [3.8, 4) is 5.75 Å². The third-order valence-electron chi connectivity index (χ3n) is 4.91. The van der Waals surface area contributed by atoms with Gasteiger partial charge in [-0.25, -0.2) is 0 Å². The molecule has 1 aromatic rings. The summed E-state index contributed by atoms with van der Waals surface area (Å²) in [6, 6.07) is 5.41. The lowest BCUT2D eigenvalue weighted by Crippen LogP contribution is -2.41. The van der Waals surface area contributed by atoms with E-state index in [2.05, 4.69) is 5.32 Å². The standard InChI is InChI=1S/C19H28BNO4/c1-13(22)14-8-9-17(23-7)15(10-14)11-16(12-21-6)20-24-18(2,3)19(4,5)25-20/h8-11,21H,12H2,1-7H3. The van der Waals surface area contributed by atoms with E-state index in [-0.39, 0.29) is 5.78 Å². The molecule has 0 atom stereocenters. The average molecular weight is 345 g/mol. The van der Waals surface area contributed by atoms with Crippen LogP contribution >= 0.6 is 0 Å². The minimum atomic E-state index is -0.455. The molecule has 0 bridgehead atoms. The van der Waals surface area contributed by atoms with Gasteiger partial charge < -0.3 is 19.4 Å². The third kappa shape index (κ3) is 4.14. The molecule has 0 amide bonds. The van der Waals surface area contributed by atoms with Gasteiger partial charge in [-0.05, 0) is 65.3 Å². The number of hydrogen-bond donors (Lipinski definition) is 1. The third-order valence-corrected chi connectivity index (χ3v) is 4.91. The van der Waals surface area contributed by atoms with Crippen molar-refractivity contribution in [2.24, 2.45) is 0 Å². The largest absolute Gasteiger partial charge is 0.496 e. The van der Waals surface area contributed by atoms with Crippen molar-refractivity contribution in [1.82, 2.24) is 5.32 Å². The van der Waals surface area contributed by atoms with E-state index in [1.54, 1.807) is 20.1 Å². The Kier molecular flexibility index (Phi) is 5.77. The lowest BCUT2D eigenvalue weighted by molar-refractivity contribution is 0.00578. The summed E-state index contributed by atoms with van der Waals surface area (Å²) in [5.74, 6) is 0.721. The predicted octanol–water partition coefficient (Wildman–Crippen LogP) is 3.13. The zero-order chi connectivity index (χ0) is 18.8. The van der Waals surface area contributed by atoms with Crippen LogP contribution in [-0.4, -0.2) is 44.8 Å². The second kappa shape index (κ2) is 7.32. The highest BCUT2D eigenvalue weighted by atomic mass is 16.7. The van der Waals surface area contributed by atoms with Gasteiger partial charge in [0.05, 0.1) is 18.3 Å². The van der Waals surface area contributed by atoms with Crippen LogP contribution in [0.3, 0.4) is 0 Å². The average Bonchev–Trinajstić information content (AvgIpc) is 2.74. The monoisotopic (exact) mass is 345 g/mol. The minimum absolute atomic E-state index is 0.0168. The summed E-state index contributed by atoms with van der Waals surface area (Å²) in [6.45, 7) is 10.3. The summed E-state index contributed by atoms with van der Waals surface area (Å²) in [6.07, 6.45) is 1.98. The first-order valence-electron chi connectivity index (χ1n) is 8.51. The van der Waals surface area contributed by atoms with Crippen molar-refractivity contribution in [3.63, 3.8) is 0 Å². The van der Waals surface area contributed by atoms with Crippen LogP contribution in [0.15, 0.2) is 23.7 Å². The lowest BCUT2D eigenvalue weighted by Gasteiger charge is -2.32. The molecule has 0 saturated carbocycles. The number of benzene rings is 1. The van der Waals surface area contributed by atoms with Gasteiger partial charge in [0.15, 0.2) is 5.78 Å². The molecule has 1 N–H and O–H groups in total. The summed E-state index contributed by atoms with van der Waals surface area (Å²) < 4.78 is 17.8. The Bertz CT molecular complexity index is 666. The smallest absolute Gasteiger partial charge is 0.491 e. The Morgan fingerprint density at radius 1 is 1.24 bits per heavy atom. The van der Waals surface area contributed by atoms with Crippen molar-refractivity contribution in [1.29, 1.82) is 0 Å². The molecule has 1 fully saturated rings. The lowest BCUT2D eigenvalue weighted by atomic mass is 9.77. The molecule has 0 unspecified atom stereocenters. The van der Waals surface area contributed by atoms with Gasteiger partial charge in [0.2, 0.25) is 0 Å². The number of methoxy groups -OCH3 is 1. The van der Waals surface area contributed by atoms with Crippen LogP contribution in [0, 0.1) is 0 Å². The summed E-state index contributed by atoms with van der Waals surface area (Å²) in [5, 5.41) is 3.16. The number of ketones is 1. The Hall–Kier alpha value is -1.63. The van der Waals surface area contributed by atoms with Gasteiger partial charge in [-0.1, -0.05) is 6.08 Å². The van der Waals surface area contributed by atoms with E-state index in [1.165, 1.54) is 0 Å². The fraction of sp³-hybridized carbons (Fsp3) is 0.526. The van der Waals surface area contributed by atoms with Gasteiger partial charge in [-0.2, -0.15) is 0 Å². The number of rotatable bonds is 6. The van der Waals surface area contributed by atoms with Crippen molar-refractivity contribution >= 4 is 19.0 Å². The normalized spacial score (nSPS) is 19.2. The Balaban J connectivity index is 2.44. The van der Waals surface area contributed by atoms with E-state index in [9.17, 15) is 4.79 Å². The van der Waals surface area contributed by atoms with E-state index in [1.807, 2.05) is 53.0 Å². The van der Waals surface area contributed by atoms with Crippen LogP contribution in [0.4, 0.5) is 0 Å². The minimum Gasteiger partial charge on any atom is -0.496 e. The molecule has 1 aromatic carbocycles. The van der Waals surface area contributed by atoms with Gasteiger partial charge in [-0.15, -0.1) is 0 Å². The fourth-order valence-corrected chi connectivity index (χ4v) is 2.67. The quantitative estimate of drug-likeness (QED) is 0.634. The van der Waals surface area contributed by atoms with Crippen LogP contribution in [-0.2, 0) is 9.31 Å². The van der Waals surface area contributed by atoms with E-state index in [0.717, 1.165) is 11.0 Å². The second-order valence-corrected chi connectivity index (χ2v) is 7.35. The van der Waals surface area contributed by atoms with E-state index < -0.39 is 18.3 Å². The van der Waals surface area contributed by atoms with Crippen molar-refractivity contribution < 1.29 is 18.8 Å². The molecular formula is C19H28BNO4. The molecule has 1 heterocycles. The van der Waals surface area contributed by atoms with Gasteiger partial charge >= 0.3 is 7.12 Å². The summed E-state index contributed by atoms with van der Waals surface area (Å²) in [7, 11) is 3.04. The predicted molar refractivity (Wildman–Crippen MR) is 101 cm³/mol. The molecule has 1 aliphatic heterocycles. The maximum atomic E-state index is 11.7. The number of ether oxygens (including phenoxy) is 1. The van der Waals surface area contributed by atoms with Crippen LogP contribution in [0.1, 0.15) is 50.5 Å². The number of carbonyl (C=O) groups excluding carboxylic acids is 1. The summed E-state index contributed by atoms with van der Waals surface area (Å²) in [4.78, 5) is 11.7. The Morgan fingerprint density at radius 3 is 2.32 bits per heavy atom. The SMILES string of the molecule is CNCC(=Cc1cc(C(C)=O)ccc1OC)B1OC(C)(C)C(C)(C)O1. The molecule has 1 aliphatic rings. The highest BCUT2D eigenvalue weighted by Gasteiger charge is 2.52. The van der Waals surface area contributed by atoms with E-state index in [4.69, 9.17) is 14.0 Å². The highest BCUT2D eigenvalue weighted by molar-refractivity contribution is 6.56. The first kappa shape index (κ1) is 19.7. The number of nitrogens with one attached hydrogen (secondary N) is 1. The molecule has 0 aromatic heterocycles. The van der Waals surface area contributed by atoms with Crippen LogP contribution < -0.4 is 10.1 Å². The molecule has 1 saturated heterocycles. The maximum absolute atomic E-state index is 11.7. The molecule has 25 heavy (non-hydrogen) atoms. The van der Waals surface area contributed by atoms with Gasteiger partial charge in [0, 0.05) is 17.7 Å². The Labute approximate surface area is 150 Å². The van der Waals surface area contributed by atoms with Gasteiger partial charge in [-0.3, -0.25) is 4.79 Å². The van der Waals surface area contributed by atoms with Crippen molar-refractivity contribution in [2.45, 2.75) is 45.8 Å². The van der Waals surface area contributed by atoms with Crippen molar-refractivity contribution in [3.05, 3.63) is 34.8 Å². The molecule has 136 valence electrons. The molecule has 0 aliphatic carbocycles. The maximum Gasteiger partial charge on any atom is 0.491 e. The topological polar surface area (TPSA) is 56.8 Å². The number of carbonyl (C=O) groups is 1. The fourth-order valence-electron chi connectivity index (χ4n) is 2.67. The van der Waals surface area contributed by atoms with Gasteiger partial charge in [0.1, 0.15) is 5.75 Å². The molecule has 5 nitrogen and oxygen atoms in total. The zero-order valence-electron chi connectivity index (χ0n) is 16.2. The first-order chi connectivity index (χ1) is 11.6. The highest BCUT2D eigenvalue weighted by Crippen LogP contribution is 2.39. The second-order valence-electron chi connectivity index (χ2n) is 7.35. The molecule has 0 spiro atoms. The van der Waals surface area contributed by atoms with Crippen LogP contribution in [0.25, 0.3) is 6.08 Å². The number of hydrogen-bond acceptors (Lipinski definition) is 5. The molecule has 0 radical (unpaired) electrons. The van der Waals surface area contributed by atoms with Crippen LogP contribution in [0.5, 0.6) is 5.75 Å². The zero-order valence-corrected chi connectivity index (χ0v) is 16.2. The van der Waals surface area contributed by atoms with E-state index in [0.29, 0.717) is 17.9 Å². The Morgan fingerprint density at radius 2 is 1.84 bits per heavy atom. The van der Waals surface area contributed by atoms with Crippen LogP contribution in [0.2, 0.25) is 0 Å². The number of Topliss-reactive ketones (excluding diaryl/α,β-unsaturated/α-hetero) is 1. The molecular weight excluding hydrogens is 317 g/mol.